The third kappa shape index (κ3) is 1.91. The summed E-state index contributed by atoms with van der Waals surface area (Å²) in [6.45, 7) is 10.1. The molecule has 1 rings (SSSR count). The van der Waals surface area contributed by atoms with E-state index in [1.165, 1.54) is 0 Å². The SMILES string of the molecule is C=CC(C)(C(C)C)[N+](C)(O)c1ccccc1. The molecule has 0 amide bonds. The Balaban J connectivity index is 3.24. The Hall–Kier alpha value is -1.12. The molecule has 0 heterocycles. The number of quaternary nitrogens is 1. The van der Waals surface area contributed by atoms with E-state index in [-0.39, 0.29) is 4.65 Å². The number of benzene rings is 1. The standard InChI is InChI=1S/C14H22NO/c1-6-14(4,12(2)3)15(5,16)13-10-8-7-9-11-13/h6-12,16H,1H2,2-5H3/q+1. The Morgan fingerprint density at radius 2 is 1.81 bits per heavy atom. The lowest BCUT2D eigenvalue weighted by molar-refractivity contribution is -0.130. The van der Waals surface area contributed by atoms with E-state index in [1.54, 1.807) is 7.05 Å². The van der Waals surface area contributed by atoms with Crippen molar-refractivity contribution in [2.75, 3.05) is 7.05 Å². The van der Waals surface area contributed by atoms with E-state index in [0.29, 0.717) is 5.92 Å². The van der Waals surface area contributed by atoms with Crippen LogP contribution < -0.4 is 4.65 Å². The van der Waals surface area contributed by atoms with E-state index in [1.807, 2.05) is 43.3 Å². The van der Waals surface area contributed by atoms with Crippen LogP contribution in [0.2, 0.25) is 0 Å². The molecular weight excluding hydrogens is 198 g/mol. The summed E-state index contributed by atoms with van der Waals surface area (Å²) in [7, 11) is 1.80. The van der Waals surface area contributed by atoms with E-state index < -0.39 is 5.54 Å². The minimum atomic E-state index is -0.401. The maximum absolute atomic E-state index is 10.7. The minimum Gasteiger partial charge on any atom is -0.211 e. The van der Waals surface area contributed by atoms with Gasteiger partial charge in [-0.15, -0.1) is 4.65 Å². The molecule has 1 aromatic rings. The van der Waals surface area contributed by atoms with Crippen molar-refractivity contribution in [2.45, 2.75) is 26.3 Å². The van der Waals surface area contributed by atoms with Gasteiger partial charge in [-0.3, -0.25) is 0 Å². The zero-order valence-electron chi connectivity index (χ0n) is 10.6. The summed E-state index contributed by atoms with van der Waals surface area (Å²) in [4.78, 5) is 0. The Morgan fingerprint density at radius 3 is 2.19 bits per heavy atom. The van der Waals surface area contributed by atoms with Crippen LogP contribution in [0.4, 0.5) is 5.69 Å². The first kappa shape index (κ1) is 12.9. The van der Waals surface area contributed by atoms with Gasteiger partial charge in [-0.2, -0.15) is 0 Å². The van der Waals surface area contributed by atoms with Gasteiger partial charge in [-0.05, 0) is 13.0 Å². The van der Waals surface area contributed by atoms with Crippen molar-refractivity contribution in [3.63, 3.8) is 0 Å². The largest absolute Gasteiger partial charge is 0.211 e. The predicted molar refractivity (Wildman–Crippen MR) is 69.4 cm³/mol. The second kappa shape index (κ2) is 4.40. The van der Waals surface area contributed by atoms with Crippen molar-refractivity contribution in [3.05, 3.63) is 43.0 Å². The van der Waals surface area contributed by atoms with Gasteiger partial charge < -0.3 is 0 Å². The fourth-order valence-electron chi connectivity index (χ4n) is 1.91. The van der Waals surface area contributed by atoms with Crippen LogP contribution >= 0.6 is 0 Å². The molecule has 0 bridgehead atoms. The molecule has 0 fully saturated rings. The molecule has 0 spiro atoms. The zero-order valence-corrected chi connectivity index (χ0v) is 10.6. The molecule has 16 heavy (non-hydrogen) atoms. The highest BCUT2D eigenvalue weighted by molar-refractivity contribution is 5.43. The van der Waals surface area contributed by atoms with Gasteiger partial charge in [0.25, 0.3) is 0 Å². The number of nitrogens with zero attached hydrogens (tertiary/aromatic N) is 1. The van der Waals surface area contributed by atoms with Crippen LogP contribution in [-0.4, -0.2) is 17.8 Å². The van der Waals surface area contributed by atoms with Gasteiger partial charge in [-0.25, -0.2) is 5.21 Å². The molecule has 0 aliphatic carbocycles. The summed E-state index contributed by atoms with van der Waals surface area (Å²) in [6.07, 6.45) is 1.84. The average molecular weight is 220 g/mol. The monoisotopic (exact) mass is 220 g/mol. The maximum atomic E-state index is 10.7. The summed E-state index contributed by atoms with van der Waals surface area (Å²) in [5.74, 6) is 0.292. The molecule has 88 valence electrons. The third-order valence-corrected chi connectivity index (χ3v) is 3.78. The van der Waals surface area contributed by atoms with Crippen LogP contribution in [0, 0.1) is 5.92 Å². The van der Waals surface area contributed by atoms with Gasteiger partial charge in [0.2, 0.25) is 0 Å². The molecule has 2 heteroatoms. The average Bonchev–Trinajstić information content (AvgIpc) is 2.28. The van der Waals surface area contributed by atoms with Gasteiger partial charge >= 0.3 is 0 Å². The van der Waals surface area contributed by atoms with Crippen molar-refractivity contribution in [1.82, 2.24) is 4.65 Å². The molecule has 1 N–H and O–H groups in total. The normalized spacial score (nSPS) is 18.9. The van der Waals surface area contributed by atoms with Crippen LogP contribution in [0.5, 0.6) is 0 Å². The maximum Gasteiger partial charge on any atom is 0.165 e. The van der Waals surface area contributed by atoms with E-state index >= 15 is 0 Å². The zero-order chi connectivity index (χ0) is 12.4. The third-order valence-electron chi connectivity index (χ3n) is 3.78. The number of rotatable bonds is 4. The summed E-state index contributed by atoms with van der Waals surface area (Å²) in [5.41, 5.74) is 0.472. The van der Waals surface area contributed by atoms with Gasteiger partial charge in [0.1, 0.15) is 7.05 Å². The van der Waals surface area contributed by atoms with Crippen molar-refractivity contribution < 1.29 is 5.21 Å². The van der Waals surface area contributed by atoms with Crippen LogP contribution in [0.25, 0.3) is 0 Å². The van der Waals surface area contributed by atoms with Crippen LogP contribution in [0.15, 0.2) is 43.0 Å². The topological polar surface area (TPSA) is 20.2 Å². The van der Waals surface area contributed by atoms with E-state index in [9.17, 15) is 5.21 Å². The Morgan fingerprint density at radius 1 is 1.31 bits per heavy atom. The molecule has 0 aromatic heterocycles. The molecule has 0 saturated heterocycles. The molecule has 0 aliphatic heterocycles. The summed E-state index contributed by atoms with van der Waals surface area (Å²) >= 11 is 0. The first-order valence-electron chi connectivity index (χ1n) is 5.65. The summed E-state index contributed by atoms with van der Waals surface area (Å²) in [6, 6.07) is 9.69. The highest BCUT2D eigenvalue weighted by Gasteiger charge is 2.46. The van der Waals surface area contributed by atoms with E-state index in [4.69, 9.17) is 0 Å². The fourth-order valence-corrected chi connectivity index (χ4v) is 1.91. The van der Waals surface area contributed by atoms with Crippen LogP contribution in [-0.2, 0) is 0 Å². The fraction of sp³-hybridized carbons (Fsp3) is 0.429. The first-order chi connectivity index (χ1) is 7.36. The second-order valence-corrected chi connectivity index (χ2v) is 4.88. The molecule has 2 atom stereocenters. The summed E-state index contributed by atoms with van der Waals surface area (Å²) in [5, 5.41) is 10.7. The number of likely N-dealkylation sites (N-methyl/N-ethyl adjacent to an activating group) is 1. The first-order valence-corrected chi connectivity index (χ1v) is 5.65. The van der Waals surface area contributed by atoms with E-state index in [0.717, 1.165) is 5.69 Å². The number of para-hydroxylation sites is 1. The molecule has 2 nitrogen and oxygen atoms in total. The summed E-state index contributed by atoms with van der Waals surface area (Å²) < 4.78 is -0.172. The number of hydrogen-bond acceptors (Lipinski definition) is 1. The highest BCUT2D eigenvalue weighted by atomic mass is 16.5. The molecule has 2 unspecified atom stereocenters. The lowest BCUT2D eigenvalue weighted by atomic mass is 9.86. The second-order valence-electron chi connectivity index (χ2n) is 4.88. The van der Waals surface area contributed by atoms with Crippen molar-refractivity contribution in [3.8, 4) is 0 Å². The van der Waals surface area contributed by atoms with Crippen molar-refractivity contribution >= 4 is 5.69 Å². The minimum absolute atomic E-state index is 0.172. The lowest BCUT2D eigenvalue weighted by Crippen LogP contribution is -2.61. The Labute approximate surface area is 98.4 Å². The molecule has 0 aliphatic rings. The van der Waals surface area contributed by atoms with Gasteiger partial charge in [0.15, 0.2) is 11.2 Å². The molecule has 0 saturated carbocycles. The van der Waals surface area contributed by atoms with Gasteiger partial charge in [0, 0.05) is 18.1 Å². The van der Waals surface area contributed by atoms with Crippen LogP contribution in [0.3, 0.4) is 0 Å². The predicted octanol–water partition coefficient (Wildman–Crippen LogP) is 3.61. The number of hydroxylamine groups is 2. The van der Waals surface area contributed by atoms with Gasteiger partial charge in [0.05, 0.1) is 0 Å². The van der Waals surface area contributed by atoms with Crippen LogP contribution in [0.1, 0.15) is 20.8 Å². The molecule has 1 aromatic carbocycles. The van der Waals surface area contributed by atoms with Crippen molar-refractivity contribution in [1.29, 1.82) is 0 Å². The quantitative estimate of drug-likeness (QED) is 0.467. The molecule has 0 radical (unpaired) electrons. The number of hydrogen-bond donors (Lipinski definition) is 1. The smallest absolute Gasteiger partial charge is 0.165 e. The lowest BCUT2D eigenvalue weighted by Gasteiger charge is -2.43. The highest BCUT2D eigenvalue weighted by Crippen LogP contribution is 2.35. The Kier molecular flexibility index (Phi) is 3.56. The van der Waals surface area contributed by atoms with Gasteiger partial charge in [-0.1, -0.05) is 38.6 Å². The van der Waals surface area contributed by atoms with E-state index in [2.05, 4.69) is 20.4 Å². The van der Waals surface area contributed by atoms with Crippen molar-refractivity contribution in [2.24, 2.45) is 5.92 Å². The molecular formula is C14H22NO+. The Bertz CT molecular complexity index is 356.